The summed E-state index contributed by atoms with van der Waals surface area (Å²) >= 11 is 1.25. The lowest BCUT2D eigenvalue weighted by molar-refractivity contribution is -0.385. The van der Waals surface area contributed by atoms with Gasteiger partial charge in [-0.05, 0) is 18.2 Å². The highest BCUT2D eigenvalue weighted by Gasteiger charge is 2.08. The topological polar surface area (TPSA) is 128 Å². The van der Waals surface area contributed by atoms with Crippen LogP contribution in [0.3, 0.4) is 0 Å². The van der Waals surface area contributed by atoms with E-state index in [1.807, 2.05) is 30.3 Å². The molecule has 0 saturated heterocycles. The summed E-state index contributed by atoms with van der Waals surface area (Å²) < 4.78 is 1.65. The number of anilines is 1. The highest BCUT2D eigenvalue weighted by molar-refractivity contribution is 7.99. The maximum absolute atomic E-state index is 11.9. The maximum atomic E-state index is 11.9. The van der Waals surface area contributed by atoms with E-state index in [2.05, 4.69) is 25.7 Å². The van der Waals surface area contributed by atoms with Crippen molar-refractivity contribution in [1.82, 2.24) is 25.1 Å². The summed E-state index contributed by atoms with van der Waals surface area (Å²) in [6.45, 7) is 0.839. The van der Waals surface area contributed by atoms with E-state index in [0.717, 1.165) is 5.69 Å². The predicted molar refractivity (Wildman–Crippen MR) is 104 cm³/mol. The van der Waals surface area contributed by atoms with Gasteiger partial charge in [-0.3, -0.25) is 14.9 Å². The molecule has 3 rings (SSSR count). The first kappa shape index (κ1) is 19.3. The molecule has 144 valence electrons. The number of aromatic nitrogens is 4. The number of pyridine rings is 1. The molecule has 2 heterocycles. The van der Waals surface area contributed by atoms with Crippen LogP contribution in [0.5, 0.6) is 0 Å². The molecule has 2 N–H and O–H groups in total. The zero-order chi connectivity index (χ0) is 19.8. The highest BCUT2D eigenvalue weighted by Crippen LogP contribution is 2.14. The molecular weight excluding hydrogens is 382 g/mol. The van der Waals surface area contributed by atoms with Crippen molar-refractivity contribution in [2.45, 2.75) is 5.16 Å². The molecule has 0 radical (unpaired) electrons. The predicted octanol–water partition coefficient (Wildman–Crippen LogP) is 1.89. The summed E-state index contributed by atoms with van der Waals surface area (Å²) in [4.78, 5) is 30.1. The molecule has 2 aromatic heterocycles. The number of nitrogens with one attached hydrogen (secondary N) is 2. The smallest absolute Gasteiger partial charge is 0.287 e. The first-order chi connectivity index (χ1) is 13.6. The molecule has 11 heteroatoms. The minimum atomic E-state index is -0.508. The Bertz CT molecular complexity index is 931. The molecule has 0 saturated carbocycles. The lowest BCUT2D eigenvalue weighted by Crippen LogP contribution is -2.30. The average Bonchev–Trinajstić information content (AvgIpc) is 3.20. The third-order valence-electron chi connectivity index (χ3n) is 3.54. The van der Waals surface area contributed by atoms with E-state index < -0.39 is 4.92 Å². The van der Waals surface area contributed by atoms with Crippen LogP contribution >= 0.6 is 11.8 Å². The van der Waals surface area contributed by atoms with E-state index >= 15 is 0 Å². The molecule has 0 spiro atoms. The van der Waals surface area contributed by atoms with E-state index in [4.69, 9.17) is 0 Å². The van der Waals surface area contributed by atoms with Gasteiger partial charge in [-0.15, -0.1) is 5.10 Å². The maximum Gasteiger partial charge on any atom is 0.287 e. The fourth-order valence-electron chi connectivity index (χ4n) is 2.19. The molecule has 0 fully saturated rings. The molecule has 0 bridgehead atoms. The van der Waals surface area contributed by atoms with Crippen LogP contribution in [0.15, 0.2) is 60.1 Å². The fourth-order valence-corrected chi connectivity index (χ4v) is 2.82. The van der Waals surface area contributed by atoms with Crippen LogP contribution in [-0.2, 0) is 4.79 Å². The second-order valence-corrected chi connectivity index (χ2v) is 6.47. The Morgan fingerprint density at radius 2 is 1.96 bits per heavy atom. The fraction of sp³-hybridized carbons (Fsp3) is 0.176. The summed E-state index contributed by atoms with van der Waals surface area (Å²) in [6, 6.07) is 12.5. The number of benzene rings is 1. The van der Waals surface area contributed by atoms with Gasteiger partial charge < -0.3 is 10.6 Å². The van der Waals surface area contributed by atoms with Crippen molar-refractivity contribution >= 4 is 29.2 Å². The summed E-state index contributed by atoms with van der Waals surface area (Å²) in [7, 11) is 0. The van der Waals surface area contributed by atoms with Crippen molar-refractivity contribution < 1.29 is 9.72 Å². The minimum absolute atomic E-state index is 0.0702. The second-order valence-electron chi connectivity index (χ2n) is 5.53. The lowest BCUT2D eigenvalue weighted by atomic mass is 10.3. The molecule has 3 aromatic rings. The van der Waals surface area contributed by atoms with Crippen LogP contribution in [-0.4, -0.2) is 49.4 Å². The third-order valence-corrected chi connectivity index (χ3v) is 4.39. The Morgan fingerprint density at radius 1 is 1.14 bits per heavy atom. The molecule has 0 aliphatic carbocycles. The van der Waals surface area contributed by atoms with E-state index in [0.29, 0.717) is 24.1 Å². The van der Waals surface area contributed by atoms with Crippen molar-refractivity contribution in [2.75, 3.05) is 24.2 Å². The Balaban J connectivity index is 1.36. The van der Waals surface area contributed by atoms with Gasteiger partial charge in [0.15, 0.2) is 0 Å². The molecule has 0 atom stereocenters. The van der Waals surface area contributed by atoms with Gasteiger partial charge in [-0.1, -0.05) is 30.0 Å². The van der Waals surface area contributed by atoms with Crippen molar-refractivity contribution in [3.05, 3.63) is 65.1 Å². The van der Waals surface area contributed by atoms with Gasteiger partial charge in [0, 0.05) is 19.2 Å². The summed E-state index contributed by atoms with van der Waals surface area (Å²) in [5, 5.41) is 21.2. The van der Waals surface area contributed by atoms with Crippen molar-refractivity contribution in [3.63, 3.8) is 0 Å². The third kappa shape index (κ3) is 5.51. The standard InChI is InChI=1S/C17H17N7O3S/c25-16(19-9-8-18-15-7-6-14(10-20-15)24(26)27)11-28-17-21-12-23(22-17)13-4-2-1-3-5-13/h1-7,10,12H,8-9,11H2,(H,18,20)(H,19,25). The number of nitro groups is 1. The number of hydrogen-bond donors (Lipinski definition) is 2. The highest BCUT2D eigenvalue weighted by atomic mass is 32.2. The molecular formula is C17H17N7O3S. The van der Waals surface area contributed by atoms with E-state index in [-0.39, 0.29) is 17.3 Å². The van der Waals surface area contributed by atoms with Crippen LogP contribution in [0.25, 0.3) is 5.69 Å². The molecule has 28 heavy (non-hydrogen) atoms. The molecule has 1 aromatic carbocycles. The van der Waals surface area contributed by atoms with Gasteiger partial charge in [0.05, 0.1) is 16.4 Å². The molecule has 0 unspecified atom stereocenters. The Morgan fingerprint density at radius 3 is 2.68 bits per heavy atom. The Labute approximate surface area is 164 Å². The summed E-state index contributed by atoms with van der Waals surface area (Å²) in [6.07, 6.45) is 2.79. The molecule has 0 aliphatic heterocycles. The van der Waals surface area contributed by atoms with Gasteiger partial charge in [0.1, 0.15) is 18.3 Å². The van der Waals surface area contributed by atoms with E-state index in [1.165, 1.54) is 30.1 Å². The summed E-state index contributed by atoms with van der Waals surface area (Å²) in [5.41, 5.74) is 0.830. The number of thioether (sulfide) groups is 1. The number of hydrogen-bond acceptors (Lipinski definition) is 8. The first-order valence-electron chi connectivity index (χ1n) is 8.33. The number of amides is 1. The van der Waals surface area contributed by atoms with Crippen LogP contribution < -0.4 is 10.6 Å². The van der Waals surface area contributed by atoms with Gasteiger partial charge >= 0.3 is 0 Å². The van der Waals surface area contributed by atoms with Crippen LogP contribution in [0, 0.1) is 10.1 Å². The normalized spacial score (nSPS) is 10.4. The zero-order valence-corrected chi connectivity index (χ0v) is 15.5. The van der Waals surface area contributed by atoms with Crippen molar-refractivity contribution in [1.29, 1.82) is 0 Å². The van der Waals surface area contributed by atoms with E-state index in [9.17, 15) is 14.9 Å². The zero-order valence-electron chi connectivity index (χ0n) is 14.7. The number of para-hydroxylation sites is 1. The van der Waals surface area contributed by atoms with Crippen molar-refractivity contribution in [2.24, 2.45) is 0 Å². The number of carbonyl (C=O) groups is 1. The quantitative estimate of drug-likeness (QED) is 0.242. The van der Waals surface area contributed by atoms with Crippen LogP contribution in [0.1, 0.15) is 0 Å². The number of rotatable bonds is 9. The first-order valence-corrected chi connectivity index (χ1v) is 9.31. The van der Waals surface area contributed by atoms with Crippen LogP contribution in [0.4, 0.5) is 11.5 Å². The second kappa shape index (κ2) is 9.46. The lowest BCUT2D eigenvalue weighted by Gasteiger charge is -2.06. The number of nitrogens with zero attached hydrogens (tertiary/aromatic N) is 5. The van der Waals surface area contributed by atoms with Gasteiger partial charge in [0.2, 0.25) is 11.1 Å². The molecule has 0 aliphatic rings. The monoisotopic (exact) mass is 399 g/mol. The van der Waals surface area contributed by atoms with Gasteiger partial charge in [-0.25, -0.2) is 14.6 Å². The SMILES string of the molecule is O=C(CSc1ncn(-c2ccccc2)n1)NCCNc1ccc([N+](=O)[O-])cn1. The minimum Gasteiger partial charge on any atom is -0.368 e. The molecule has 1 amide bonds. The Hall–Kier alpha value is -3.47. The number of carbonyl (C=O) groups excluding carboxylic acids is 1. The van der Waals surface area contributed by atoms with E-state index in [1.54, 1.807) is 11.0 Å². The summed E-state index contributed by atoms with van der Waals surface area (Å²) in [5.74, 6) is 0.568. The average molecular weight is 399 g/mol. The van der Waals surface area contributed by atoms with Crippen LogP contribution in [0.2, 0.25) is 0 Å². The van der Waals surface area contributed by atoms with Gasteiger partial charge in [-0.2, -0.15) is 0 Å². The Kier molecular flexibility index (Phi) is 6.52. The van der Waals surface area contributed by atoms with Crippen molar-refractivity contribution in [3.8, 4) is 5.69 Å². The largest absolute Gasteiger partial charge is 0.368 e. The van der Waals surface area contributed by atoms with Gasteiger partial charge in [0.25, 0.3) is 5.69 Å². The molecule has 10 nitrogen and oxygen atoms in total.